The average molecular weight is 250 g/mol. The number of thiazole rings is 1. The quantitative estimate of drug-likeness (QED) is 0.770. The van der Waals surface area contributed by atoms with Gasteiger partial charge in [-0.2, -0.15) is 0 Å². The van der Waals surface area contributed by atoms with Crippen molar-refractivity contribution >= 4 is 17.3 Å². The fraction of sp³-hybridized carbons (Fsp3) is 0.0909. The van der Waals surface area contributed by atoms with Crippen molar-refractivity contribution in [3.05, 3.63) is 34.8 Å². The molecule has 0 bridgehead atoms. The molecule has 17 heavy (non-hydrogen) atoms. The van der Waals surface area contributed by atoms with Crippen molar-refractivity contribution in [3.8, 4) is 16.3 Å². The van der Waals surface area contributed by atoms with E-state index in [9.17, 15) is 4.79 Å². The minimum atomic E-state index is -1.08. The SMILES string of the molecule is NCc1sc(-c2ccc(O)cc2)nc1C(=O)O. The molecule has 0 aliphatic heterocycles. The zero-order valence-electron chi connectivity index (χ0n) is 8.75. The Morgan fingerprint density at radius 2 is 2.00 bits per heavy atom. The number of aromatic carboxylic acids is 1. The van der Waals surface area contributed by atoms with Gasteiger partial charge in [-0.05, 0) is 24.3 Å². The highest BCUT2D eigenvalue weighted by Crippen LogP contribution is 2.29. The Labute approximate surface area is 101 Å². The van der Waals surface area contributed by atoms with Gasteiger partial charge in [0.05, 0.1) is 4.88 Å². The number of hydrogen-bond donors (Lipinski definition) is 3. The third-order valence-electron chi connectivity index (χ3n) is 2.20. The number of hydrogen-bond acceptors (Lipinski definition) is 5. The summed E-state index contributed by atoms with van der Waals surface area (Å²) in [5.41, 5.74) is 6.23. The number of carbonyl (C=O) groups is 1. The van der Waals surface area contributed by atoms with Crippen LogP contribution in [0.3, 0.4) is 0 Å². The molecule has 2 rings (SSSR count). The molecule has 0 saturated heterocycles. The summed E-state index contributed by atoms with van der Waals surface area (Å²) in [6.45, 7) is 0.150. The van der Waals surface area contributed by atoms with Crippen LogP contribution in [0.2, 0.25) is 0 Å². The second kappa shape index (κ2) is 4.52. The van der Waals surface area contributed by atoms with Gasteiger partial charge in [0.25, 0.3) is 0 Å². The van der Waals surface area contributed by atoms with E-state index in [0.29, 0.717) is 9.88 Å². The molecule has 0 aliphatic carbocycles. The van der Waals surface area contributed by atoms with Gasteiger partial charge in [-0.3, -0.25) is 0 Å². The van der Waals surface area contributed by atoms with E-state index in [4.69, 9.17) is 15.9 Å². The maximum Gasteiger partial charge on any atom is 0.355 e. The van der Waals surface area contributed by atoms with Crippen molar-refractivity contribution in [3.63, 3.8) is 0 Å². The Bertz CT molecular complexity index is 548. The minimum Gasteiger partial charge on any atom is -0.508 e. The Hall–Kier alpha value is -1.92. The summed E-state index contributed by atoms with van der Waals surface area (Å²) in [4.78, 5) is 15.5. The van der Waals surface area contributed by atoms with Crippen LogP contribution in [0.5, 0.6) is 5.75 Å². The standard InChI is InChI=1S/C11H10N2O3S/c12-5-8-9(11(15)16)13-10(17-8)6-1-3-7(14)4-2-6/h1-4,14H,5,12H2,(H,15,16). The van der Waals surface area contributed by atoms with Gasteiger partial charge < -0.3 is 15.9 Å². The molecule has 1 heterocycles. The molecule has 6 heteroatoms. The summed E-state index contributed by atoms with van der Waals surface area (Å²) in [5.74, 6) is -0.922. The lowest BCUT2D eigenvalue weighted by molar-refractivity contribution is 0.0690. The Balaban J connectivity index is 2.46. The minimum absolute atomic E-state index is 0.000532. The van der Waals surface area contributed by atoms with Gasteiger partial charge in [0.2, 0.25) is 0 Å². The molecular weight excluding hydrogens is 240 g/mol. The maximum absolute atomic E-state index is 10.9. The van der Waals surface area contributed by atoms with Crippen molar-refractivity contribution in [2.24, 2.45) is 5.73 Å². The highest BCUT2D eigenvalue weighted by molar-refractivity contribution is 7.15. The van der Waals surface area contributed by atoms with E-state index in [1.807, 2.05) is 0 Å². The summed E-state index contributed by atoms with van der Waals surface area (Å²) in [5, 5.41) is 18.7. The van der Waals surface area contributed by atoms with E-state index in [2.05, 4.69) is 4.98 Å². The summed E-state index contributed by atoms with van der Waals surface area (Å²) >= 11 is 1.25. The number of carboxylic acids is 1. The number of aromatic hydroxyl groups is 1. The molecule has 88 valence electrons. The molecule has 5 nitrogen and oxygen atoms in total. The number of nitrogens with zero attached hydrogens (tertiary/aromatic N) is 1. The lowest BCUT2D eigenvalue weighted by Gasteiger charge is -1.95. The van der Waals surface area contributed by atoms with Crippen molar-refractivity contribution in [2.45, 2.75) is 6.54 Å². The van der Waals surface area contributed by atoms with Crippen molar-refractivity contribution in [1.82, 2.24) is 4.98 Å². The fourth-order valence-electron chi connectivity index (χ4n) is 1.38. The molecule has 0 spiro atoms. The summed E-state index contributed by atoms with van der Waals surface area (Å²) in [7, 11) is 0. The molecule has 0 amide bonds. The van der Waals surface area contributed by atoms with Crippen LogP contribution < -0.4 is 5.73 Å². The van der Waals surface area contributed by atoms with Crippen LogP contribution in [-0.2, 0) is 6.54 Å². The highest BCUT2D eigenvalue weighted by Gasteiger charge is 2.16. The lowest BCUT2D eigenvalue weighted by atomic mass is 10.2. The van der Waals surface area contributed by atoms with Crippen LogP contribution in [0.4, 0.5) is 0 Å². The smallest absolute Gasteiger partial charge is 0.355 e. The van der Waals surface area contributed by atoms with Crippen molar-refractivity contribution in [2.75, 3.05) is 0 Å². The molecule has 1 aromatic heterocycles. The van der Waals surface area contributed by atoms with Gasteiger partial charge in [0.1, 0.15) is 10.8 Å². The summed E-state index contributed by atoms with van der Waals surface area (Å²) in [6.07, 6.45) is 0. The molecule has 0 atom stereocenters. The molecule has 0 fully saturated rings. The Morgan fingerprint density at radius 3 is 2.47 bits per heavy atom. The molecule has 0 unspecified atom stereocenters. The average Bonchev–Trinajstić information content (AvgIpc) is 2.74. The van der Waals surface area contributed by atoms with E-state index in [-0.39, 0.29) is 18.0 Å². The van der Waals surface area contributed by atoms with Gasteiger partial charge in [0.15, 0.2) is 5.69 Å². The normalized spacial score (nSPS) is 10.4. The predicted molar refractivity (Wildman–Crippen MR) is 64.1 cm³/mol. The summed E-state index contributed by atoms with van der Waals surface area (Å²) in [6, 6.07) is 6.42. The van der Waals surface area contributed by atoms with E-state index in [1.54, 1.807) is 12.1 Å². The molecule has 0 radical (unpaired) electrons. The fourth-order valence-corrected chi connectivity index (χ4v) is 2.32. The number of aromatic nitrogens is 1. The van der Waals surface area contributed by atoms with E-state index in [1.165, 1.54) is 23.5 Å². The number of rotatable bonds is 3. The molecule has 2 aromatic rings. The van der Waals surface area contributed by atoms with Crippen LogP contribution in [0.15, 0.2) is 24.3 Å². The zero-order chi connectivity index (χ0) is 12.4. The van der Waals surface area contributed by atoms with E-state index >= 15 is 0 Å². The monoisotopic (exact) mass is 250 g/mol. The second-order valence-corrected chi connectivity index (χ2v) is 4.43. The predicted octanol–water partition coefficient (Wildman–Crippen LogP) is 1.67. The number of carboxylic acid groups (broad SMARTS) is 1. The summed E-state index contributed by atoms with van der Waals surface area (Å²) < 4.78 is 0. The number of nitrogens with two attached hydrogens (primary N) is 1. The number of phenolic OH excluding ortho intramolecular Hbond substituents is 1. The first kappa shape index (κ1) is 11.6. The first-order chi connectivity index (χ1) is 8.11. The molecular formula is C11H10N2O3S. The Morgan fingerprint density at radius 1 is 1.35 bits per heavy atom. The molecule has 0 aliphatic rings. The first-order valence-corrected chi connectivity index (χ1v) is 5.66. The third kappa shape index (κ3) is 2.27. The van der Waals surface area contributed by atoms with Crippen LogP contribution in [0.1, 0.15) is 15.4 Å². The molecule has 0 saturated carbocycles. The van der Waals surface area contributed by atoms with Gasteiger partial charge in [-0.15, -0.1) is 11.3 Å². The van der Waals surface area contributed by atoms with Crippen LogP contribution in [0, 0.1) is 0 Å². The number of phenols is 1. The van der Waals surface area contributed by atoms with Gasteiger partial charge >= 0.3 is 5.97 Å². The van der Waals surface area contributed by atoms with E-state index in [0.717, 1.165) is 5.56 Å². The lowest BCUT2D eigenvalue weighted by Crippen LogP contribution is -2.04. The van der Waals surface area contributed by atoms with Crippen LogP contribution in [-0.4, -0.2) is 21.2 Å². The number of benzene rings is 1. The van der Waals surface area contributed by atoms with E-state index < -0.39 is 5.97 Å². The van der Waals surface area contributed by atoms with Gasteiger partial charge in [-0.1, -0.05) is 0 Å². The zero-order valence-corrected chi connectivity index (χ0v) is 9.57. The third-order valence-corrected chi connectivity index (χ3v) is 3.33. The largest absolute Gasteiger partial charge is 0.508 e. The maximum atomic E-state index is 10.9. The topological polar surface area (TPSA) is 96.4 Å². The van der Waals surface area contributed by atoms with Gasteiger partial charge in [-0.25, -0.2) is 9.78 Å². The van der Waals surface area contributed by atoms with Crippen LogP contribution in [0.25, 0.3) is 10.6 Å². The second-order valence-electron chi connectivity index (χ2n) is 3.35. The first-order valence-electron chi connectivity index (χ1n) is 4.84. The van der Waals surface area contributed by atoms with Crippen molar-refractivity contribution in [1.29, 1.82) is 0 Å². The Kier molecular flexibility index (Phi) is 3.08. The van der Waals surface area contributed by atoms with Gasteiger partial charge in [0, 0.05) is 12.1 Å². The molecule has 1 aromatic carbocycles. The highest BCUT2D eigenvalue weighted by atomic mass is 32.1. The van der Waals surface area contributed by atoms with Crippen molar-refractivity contribution < 1.29 is 15.0 Å². The molecule has 4 N–H and O–H groups in total. The van der Waals surface area contributed by atoms with Crippen LogP contribution >= 0.6 is 11.3 Å².